The Morgan fingerprint density at radius 2 is 1.93 bits per heavy atom. The molecule has 0 fully saturated rings. The van der Waals surface area contributed by atoms with Gasteiger partial charge in [0.05, 0.1) is 5.25 Å². The molecule has 3 rings (SSSR count). The molecule has 2 aromatic rings. The number of rotatable bonds is 7. The van der Waals surface area contributed by atoms with Crippen LogP contribution in [-0.2, 0) is 9.47 Å². The van der Waals surface area contributed by atoms with E-state index in [1.165, 1.54) is 36.5 Å². The van der Waals surface area contributed by atoms with Crippen LogP contribution in [0.25, 0.3) is 0 Å². The van der Waals surface area contributed by atoms with Gasteiger partial charge in [0.15, 0.2) is 11.6 Å². The molecule has 0 aliphatic carbocycles. The molecule has 0 bridgehead atoms. The molecule has 1 atom stereocenters. The molecule has 0 radical (unpaired) electrons. The Morgan fingerprint density at radius 3 is 2.57 bits per heavy atom. The number of hydrogen-bond acceptors (Lipinski definition) is 5. The van der Waals surface area contributed by atoms with E-state index in [0.29, 0.717) is 23.3 Å². The second-order valence-corrected chi connectivity index (χ2v) is 7.27. The zero-order valence-corrected chi connectivity index (χ0v) is 15.6. The minimum Gasteiger partial charge on any atom is -0.459 e. The third kappa shape index (κ3) is 4.24. The molecule has 0 spiro atoms. The fourth-order valence-corrected chi connectivity index (χ4v) is 4.15. The predicted molar refractivity (Wildman–Crippen MR) is 97.8 cm³/mol. The van der Waals surface area contributed by atoms with Crippen LogP contribution in [0, 0.1) is 24.4 Å². The number of amides is 1. The average Bonchev–Trinajstić information content (AvgIpc) is 3.17. The van der Waals surface area contributed by atoms with Crippen LogP contribution in [0.3, 0.4) is 0 Å². The molecule has 2 heterocycles. The van der Waals surface area contributed by atoms with Crippen LogP contribution >= 0.6 is 11.8 Å². The minimum absolute atomic E-state index is 0.0315. The van der Waals surface area contributed by atoms with Crippen LogP contribution in [0.1, 0.15) is 38.8 Å². The summed E-state index contributed by atoms with van der Waals surface area (Å²) in [4.78, 5) is 15.3. The summed E-state index contributed by atoms with van der Waals surface area (Å²) in [6.45, 7) is 1.67. The summed E-state index contributed by atoms with van der Waals surface area (Å²) in [5, 5.41) is -0.889. The van der Waals surface area contributed by atoms with Crippen LogP contribution < -0.4 is 5.73 Å². The van der Waals surface area contributed by atoms with E-state index < -0.39 is 40.5 Å². The first-order valence-corrected chi connectivity index (χ1v) is 9.40. The van der Waals surface area contributed by atoms with E-state index >= 15 is 0 Å². The Kier molecular flexibility index (Phi) is 6.13. The fourth-order valence-electron chi connectivity index (χ4n) is 2.78. The lowest BCUT2D eigenvalue weighted by molar-refractivity contribution is -0.0232. The summed E-state index contributed by atoms with van der Waals surface area (Å²) in [6.07, 6.45) is 4.12. The minimum atomic E-state index is -1.26. The Morgan fingerprint density at radius 1 is 1.25 bits per heavy atom. The van der Waals surface area contributed by atoms with Crippen molar-refractivity contribution in [2.24, 2.45) is 5.73 Å². The maximum atomic E-state index is 14.5. The molecule has 148 valence electrons. The van der Waals surface area contributed by atoms with E-state index in [9.17, 15) is 18.0 Å². The molecule has 28 heavy (non-hydrogen) atoms. The zero-order chi connectivity index (χ0) is 20.3. The van der Waals surface area contributed by atoms with Gasteiger partial charge in [0.25, 0.3) is 5.91 Å². The van der Waals surface area contributed by atoms with E-state index in [1.54, 1.807) is 6.92 Å². The number of primary amides is 1. The van der Waals surface area contributed by atoms with Gasteiger partial charge < -0.3 is 15.2 Å². The van der Waals surface area contributed by atoms with Gasteiger partial charge in [-0.1, -0.05) is 0 Å². The first kappa shape index (κ1) is 20.1. The molecule has 0 saturated heterocycles. The highest BCUT2D eigenvalue weighted by Crippen LogP contribution is 2.40. The van der Waals surface area contributed by atoms with E-state index in [0.717, 1.165) is 12.1 Å². The summed E-state index contributed by atoms with van der Waals surface area (Å²) < 4.78 is 53.1. The molecular formula is C19H17F3N2O3S. The number of hydrogen-bond donors (Lipinski definition) is 1. The number of carbonyl (C=O) groups excluding carboxylic acids is 1. The van der Waals surface area contributed by atoms with Gasteiger partial charge in [-0.3, -0.25) is 9.78 Å². The second-order valence-electron chi connectivity index (χ2n) is 6.06. The van der Waals surface area contributed by atoms with E-state index in [1.807, 2.05) is 0 Å². The van der Waals surface area contributed by atoms with Crippen molar-refractivity contribution in [2.75, 3.05) is 5.75 Å². The first-order chi connectivity index (χ1) is 13.4. The van der Waals surface area contributed by atoms with Crippen molar-refractivity contribution in [3.8, 4) is 0 Å². The molecule has 2 N–H and O–H groups in total. The first-order valence-electron chi connectivity index (χ1n) is 8.35. The lowest BCUT2D eigenvalue weighted by Gasteiger charge is -2.21. The number of nitrogens with two attached hydrogens (primary N) is 1. The van der Waals surface area contributed by atoms with Crippen LogP contribution in [0.5, 0.6) is 0 Å². The third-order valence-electron chi connectivity index (χ3n) is 4.18. The van der Waals surface area contributed by atoms with Crippen molar-refractivity contribution in [1.29, 1.82) is 0 Å². The van der Waals surface area contributed by atoms with Gasteiger partial charge >= 0.3 is 0 Å². The van der Waals surface area contributed by atoms with Gasteiger partial charge in [0.2, 0.25) is 6.29 Å². The Bertz CT molecular complexity index is 916. The highest BCUT2D eigenvalue weighted by molar-refractivity contribution is 7.99. The van der Waals surface area contributed by atoms with Crippen molar-refractivity contribution in [3.05, 3.63) is 76.8 Å². The number of benzene rings is 1. The molecule has 0 saturated carbocycles. The number of pyridine rings is 1. The summed E-state index contributed by atoms with van der Waals surface area (Å²) in [5.74, 6) is -3.59. The zero-order valence-electron chi connectivity index (χ0n) is 14.8. The summed E-state index contributed by atoms with van der Waals surface area (Å²) in [7, 11) is 0. The molecule has 5 nitrogen and oxygen atoms in total. The third-order valence-corrected chi connectivity index (χ3v) is 5.48. The largest absolute Gasteiger partial charge is 0.459 e. The lowest BCUT2D eigenvalue weighted by atomic mass is 10.00. The van der Waals surface area contributed by atoms with Crippen molar-refractivity contribution in [3.63, 3.8) is 0 Å². The van der Waals surface area contributed by atoms with Crippen LogP contribution in [-0.4, -0.2) is 22.9 Å². The van der Waals surface area contributed by atoms with Gasteiger partial charge in [0.1, 0.15) is 24.0 Å². The molecule has 9 heteroatoms. The number of ether oxygens (including phenoxy) is 2. The smallest absolute Gasteiger partial charge is 0.267 e. The molecule has 1 unspecified atom stereocenters. The Hall–Kier alpha value is -2.68. The number of aromatic nitrogens is 1. The van der Waals surface area contributed by atoms with Crippen molar-refractivity contribution in [1.82, 2.24) is 4.98 Å². The summed E-state index contributed by atoms with van der Waals surface area (Å²) >= 11 is 1.19. The molecule has 1 aromatic carbocycles. The molecular weight excluding hydrogens is 393 g/mol. The summed E-state index contributed by atoms with van der Waals surface area (Å²) in [5.41, 5.74) is 5.85. The predicted octanol–water partition coefficient (Wildman–Crippen LogP) is 3.96. The number of carbonyl (C=O) groups is 1. The van der Waals surface area contributed by atoms with Gasteiger partial charge in [-0.2, -0.15) is 0 Å². The van der Waals surface area contributed by atoms with Crippen molar-refractivity contribution in [2.45, 2.75) is 24.9 Å². The highest BCUT2D eigenvalue weighted by Gasteiger charge is 2.27. The lowest BCUT2D eigenvalue weighted by Crippen LogP contribution is -2.15. The van der Waals surface area contributed by atoms with E-state index in [-0.39, 0.29) is 5.69 Å². The van der Waals surface area contributed by atoms with Crippen molar-refractivity contribution >= 4 is 17.7 Å². The highest BCUT2D eigenvalue weighted by atomic mass is 32.2. The number of aryl methyl sites for hydroxylation is 1. The maximum Gasteiger partial charge on any atom is 0.267 e. The normalized spacial score (nSPS) is 14.6. The molecule has 1 aliphatic rings. The SMILES string of the molecule is Cc1cc(C(N)=O)ncc1C(SCCC1OC=CO1)c1c(F)ccc(F)c1F. The second kappa shape index (κ2) is 8.55. The number of thioether (sulfide) groups is 1. The van der Waals surface area contributed by atoms with Crippen LogP contribution in [0.15, 0.2) is 36.9 Å². The van der Waals surface area contributed by atoms with E-state index in [2.05, 4.69) is 4.98 Å². The molecule has 1 aromatic heterocycles. The van der Waals surface area contributed by atoms with Gasteiger partial charge in [-0.15, -0.1) is 11.8 Å². The van der Waals surface area contributed by atoms with Gasteiger partial charge in [-0.25, -0.2) is 13.2 Å². The van der Waals surface area contributed by atoms with Crippen LogP contribution in [0.2, 0.25) is 0 Å². The average molecular weight is 410 g/mol. The Labute approximate surface area is 163 Å². The van der Waals surface area contributed by atoms with Gasteiger partial charge in [0, 0.05) is 23.9 Å². The Balaban J connectivity index is 1.95. The fraction of sp³-hybridized carbons (Fsp3) is 0.263. The van der Waals surface area contributed by atoms with Crippen LogP contribution in [0.4, 0.5) is 13.2 Å². The van der Waals surface area contributed by atoms with Crippen molar-refractivity contribution < 1.29 is 27.4 Å². The monoisotopic (exact) mass is 410 g/mol. The molecule has 1 amide bonds. The topological polar surface area (TPSA) is 74.4 Å². The standard InChI is InChI=1S/C19H17F3N2O3S/c1-10-8-14(19(23)25)24-9-11(10)18(28-7-4-15-26-5-6-27-15)16-12(20)2-3-13(21)17(16)22/h2-3,5-6,8-9,15,18H,4,7H2,1H3,(H2,23,25). The van der Waals surface area contributed by atoms with E-state index in [4.69, 9.17) is 15.2 Å². The molecule has 1 aliphatic heterocycles. The number of nitrogens with zero attached hydrogens (tertiary/aromatic N) is 1. The number of halogens is 3. The maximum absolute atomic E-state index is 14.5. The van der Waals surface area contributed by atoms with Gasteiger partial charge in [-0.05, 0) is 36.2 Å². The summed E-state index contributed by atoms with van der Waals surface area (Å²) in [6, 6.07) is 3.06. The quantitative estimate of drug-likeness (QED) is 0.700.